The van der Waals surface area contributed by atoms with Gasteiger partial charge in [-0.2, -0.15) is 0 Å². The zero-order chi connectivity index (χ0) is 11.4. The van der Waals surface area contributed by atoms with Gasteiger partial charge in [0.05, 0.1) is 0 Å². The van der Waals surface area contributed by atoms with Crippen molar-refractivity contribution < 1.29 is 4.79 Å². The lowest BCUT2D eigenvalue weighted by molar-refractivity contribution is 0.0921. The van der Waals surface area contributed by atoms with Gasteiger partial charge in [-0.15, -0.1) is 0 Å². The van der Waals surface area contributed by atoms with Gasteiger partial charge in [0.15, 0.2) is 0 Å². The highest BCUT2D eigenvalue weighted by atomic mass is 16.1. The monoisotopic (exact) mass is 217 g/mol. The number of carbonyl (C=O) groups is 1. The largest absolute Gasteiger partial charge is 0.349 e. The number of nitrogens with one attached hydrogen (secondary N) is 1. The molecule has 2 atom stereocenters. The minimum absolute atomic E-state index is 0.0692. The predicted octanol–water partition coefficient (Wildman–Crippen LogP) is 3.00. The van der Waals surface area contributed by atoms with E-state index in [-0.39, 0.29) is 5.91 Å². The summed E-state index contributed by atoms with van der Waals surface area (Å²) in [7, 11) is 0. The SMILES string of the molecule is C[C@H]1CCC[C@H](NC(=O)c2ccccc2)C1. The van der Waals surface area contributed by atoms with Crippen molar-refractivity contribution in [1.29, 1.82) is 0 Å². The molecule has 1 aliphatic carbocycles. The van der Waals surface area contributed by atoms with E-state index < -0.39 is 0 Å². The van der Waals surface area contributed by atoms with Crippen LogP contribution in [0.25, 0.3) is 0 Å². The van der Waals surface area contributed by atoms with E-state index in [0.717, 1.165) is 24.3 Å². The summed E-state index contributed by atoms with van der Waals surface area (Å²) in [5, 5.41) is 3.13. The van der Waals surface area contributed by atoms with Gasteiger partial charge in [-0.05, 0) is 30.9 Å². The van der Waals surface area contributed by atoms with Gasteiger partial charge in [0.1, 0.15) is 0 Å². The summed E-state index contributed by atoms with van der Waals surface area (Å²) in [6.45, 7) is 2.26. The van der Waals surface area contributed by atoms with Crippen LogP contribution in [-0.4, -0.2) is 11.9 Å². The van der Waals surface area contributed by atoms with Gasteiger partial charge in [0.2, 0.25) is 0 Å². The Bertz CT molecular complexity index is 347. The van der Waals surface area contributed by atoms with Gasteiger partial charge in [-0.1, -0.05) is 38.0 Å². The van der Waals surface area contributed by atoms with Gasteiger partial charge < -0.3 is 5.32 Å². The lowest BCUT2D eigenvalue weighted by atomic mass is 9.87. The second-order valence-electron chi connectivity index (χ2n) is 4.81. The van der Waals surface area contributed by atoms with Crippen LogP contribution < -0.4 is 5.32 Å². The normalized spacial score (nSPS) is 25.1. The number of carbonyl (C=O) groups excluding carboxylic acids is 1. The number of amides is 1. The van der Waals surface area contributed by atoms with Gasteiger partial charge in [-0.3, -0.25) is 4.79 Å². The molecule has 0 saturated heterocycles. The first-order valence-corrected chi connectivity index (χ1v) is 6.11. The van der Waals surface area contributed by atoms with Gasteiger partial charge >= 0.3 is 0 Å². The van der Waals surface area contributed by atoms with Crippen LogP contribution in [0.2, 0.25) is 0 Å². The van der Waals surface area contributed by atoms with Crippen molar-refractivity contribution >= 4 is 5.91 Å². The molecule has 1 aromatic carbocycles. The molecule has 1 aliphatic rings. The van der Waals surface area contributed by atoms with Crippen LogP contribution >= 0.6 is 0 Å². The van der Waals surface area contributed by atoms with Crippen LogP contribution in [-0.2, 0) is 0 Å². The first-order valence-electron chi connectivity index (χ1n) is 6.11. The Hall–Kier alpha value is -1.31. The van der Waals surface area contributed by atoms with Crippen LogP contribution in [0, 0.1) is 5.92 Å². The number of hydrogen-bond acceptors (Lipinski definition) is 1. The molecular formula is C14H19NO. The fraction of sp³-hybridized carbons (Fsp3) is 0.500. The summed E-state index contributed by atoms with van der Waals surface area (Å²) in [6, 6.07) is 9.83. The predicted molar refractivity (Wildman–Crippen MR) is 65.3 cm³/mol. The summed E-state index contributed by atoms with van der Waals surface area (Å²) in [5.41, 5.74) is 0.765. The van der Waals surface area contributed by atoms with E-state index in [2.05, 4.69) is 12.2 Å². The number of benzene rings is 1. The second kappa shape index (κ2) is 5.15. The Morgan fingerprint density at radius 3 is 2.69 bits per heavy atom. The molecule has 1 fully saturated rings. The van der Waals surface area contributed by atoms with Crippen LogP contribution in [0.4, 0.5) is 0 Å². The quantitative estimate of drug-likeness (QED) is 0.810. The van der Waals surface area contributed by atoms with E-state index in [0.29, 0.717) is 6.04 Å². The maximum Gasteiger partial charge on any atom is 0.251 e. The number of rotatable bonds is 2. The van der Waals surface area contributed by atoms with Crippen LogP contribution in [0.15, 0.2) is 30.3 Å². The third-order valence-electron chi connectivity index (χ3n) is 3.31. The third kappa shape index (κ3) is 2.84. The Morgan fingerprint density at radius 2 is 2.00 bits per heavy atom. The lowest BCUT2D eigenvalue weighted by Gasteiger charge is -2.27. The summed E-state index contributed by atoms with van der Waals surface area (Å²) < 4.78 is 0. The van der Waals surface area contributed by atoms with Crippen LogP contribution in [0.3, 0.4) is 0 Å². The Balaban J connectivity index is 1.92. The summed E-state index contributed by atoms with van der Waals surface area (Å²) >= 11 is 0. The topological polar surface area (TPSA) is 29.1 Å². The Kier molecular flexibility index (Phi) is 3.60. The molecule has 0 spiro atoms. The smallest absolute Gasteiger partial charge is 0.251 e. The molecule has 2 heteroatoms. The van der Waals surface area contributed by atoms with Crippen molar-refractivity contribution in [1.82, 2.24) is 5.32 Å². The van der Waals surface area contributed by atoms with Crippen molar-refractivity contribution in [2.24, 2.45) is 5.92 Å². The molecule has 16 heavy (non-hydrogen) atoms. The van der Waals surface area contributed by atoms with Crippen molar-refractivity contribution in [3.05, 3.63) is 35.9 Å². The highest BCUT2D eigenvalue weighted by molar-refractivity contribution is 5.94. The molecule has 1 N–H and O–H groups in total. The molecule has 0 aromatic heterocycles. The first kappa shape index (κ1) is 11.2. The molecule has 1 amide bonds. The molecule has 2 rings (SSSR count). The highest BCUT2D eigenvalue weighted by Crippen LogP contribution is 2.23. The standard InChI is InChI=1S/C14H19NO/c1-11-6-5-9-13(10-11)15-14(16)12-7-3-2-4-8-12/h2-4,7-8,11,13H,5-6,9-10H2,1H3,(H,15,16)/t11-,13-/m0/s1. The molecule has 0 aliphatic heterocycles. The van der Waals surface area contributed by atoms with Crippen LogP contribution in [0.5, 0.6) is 0 Å². The van der Waals surface area contributed by atoms with Gasteiger partial charge in [-0.25, -0.2) is 0 Å². The molecule has 1 saturated carbocycles. The van der Waals surface area contributed by atoms with E-state index >= 15 is 0 Å². The average molecular weight is 217 g/mol. The average Bonchev–Trinajstić information content (AvgIpc) is 2.30. The molecule has 2 nitrogen and oxygen atoms in total. The zero-order valence-corrected chi connectivity index (χ0v) is 9.78. The second-order valence-corrected chi connectivity index (χ2v) is 4.81. The van der Waals surface area contributed by atoms with E-state index in [9.17, 15) is 4.79 Å². The highest BCUT2D eigenvalue weighted by Gasteiger charge is 2.20. The fourth-order valence-electron chi connectivity index (χ4n) is 2.42. The first-order chi connectivity index (χ1) is 7.75. The van der Waals surface area contributed by atoms with E-state index in [4.69, 9.17) is 0 Å². The minimum atomic E-state index is 0.0692. The molecule has 0 radical (unpaired) electrons. The molecule has 0 bridgehead atoms. The summed E-state index contributed by atoms with van der Waals surface area (Å²) in [6.07, 6.45) is 4.79. The Labute approximate surface area is 97.1 Å². The minimum Gasteiger partial charge on any atom is -0.349 e. The summed E-state index contributed by atoms with van der Waals surface area (Å²) in [4.78, 5) is 11.9. The maximum absolute atomic E-state index is 11.9. The maximum atomic E-state index is 11.9. The third-order valence-corrected chi connectivity index (χ3v) is 3.31. The van der Waals surface area contributed by atoms with E-state index in [1.54, 1.807) is 0 Å². The van der Waals surface area contributed by atoms with Crippen molar-refractivity contribution in [2.45, 2.75) is 38.6 Å². The van der Waals surface area contributed by atoms with E-state index in [1.807, 2.05) is 30.3 Å². The fourth-order valence-corrected chi connectivity index (χ4v) is 2.42. The molecule has 1 aromatic rings. The van der Waals surface area contributed by atoms with E-state index in [1.165, 1.54) is 12.8 Å². The van der Waals surface area contributed by atoms with Crippen molar-refractivity contribution in [3.8, 4) is 0 Å². The van der Waals surface area contributed by atoms with Gasteiger partial charge in [0, 0.05) is 11.6 Å². The molecule has 86 valence electrons. The van der Waals surface area contributed by atoms with Crippen LogP contribution in [0.1, 0.15) is 43.0 Å². The number of hydrogen-bond donors (Lipinski definition) is 1. The molecule has 0 heterocycles. The molecular weight excluding hydrogens is 198 g/mol. The van der Waals surface area contributed by atoms with Gasteiger partial charge in [0.25, 0.3) is 5.91 Å². The lowest BCUT2D eigenvalue weighted by Crippen LogP contribution is -2.37. The van der Waals surface area contributed by atoms with Crippen molar-refractivity contribution in [3.63, 3.8) is 0 Å². The Morgan fingerprint density at radius 1 is 1.25 bits per heavy atom. The van der Waals surface area contributed by atoms with Crippen molar-refractivity contribution in [2.75, 3.05) is 0 Å². The summed E-state index contributed by atoms with van der Waals surface area (Å²) in [5.74, 6) is 0.814. The molecule has 0 unspecified atom stereocenters. The zero-order valence-electron chi connectivity index (χ0n) is 9.78.